The first-order valence-electron chi connectivity index (χ1n) is 22.7. The van der Waals surface area contributed by atoms with E-state index in [1.165, 1.54) is 0 Å². The molecule has 0 aromatic heterocycles. The molecule has 5 aliphatic heterocycles. The minimum absolute atomic E-state index is 0.0390. The SMILES string of the molecule is CC[C@@H](C(=O)[C@@H](C)[C@@H](O)[C@H](C)[C@@H]1O[C@@H]([C@@H](CC)C(=O)O)CC[C@@H]1C)[C@H]1O[C@]2(C=C[C@@H](OC(=O)OC(C)C)[C@]3(CC[C@@](C)([C@H]4CC[C@](O)(CC)[C@H](C)O4)O3)O2)[C@H](C)C[C@@H]1C. The molecule has 0 saturated carbocycles. The minimum atomic E-state index is -1.47. The summed E-state index contributed by atoms with van der Waals surface area (Å²) in [6, 6.07) is 0. The molecule has 0 aromatic carbocycles. The maximum absolute atomic E-state index is 14.6. The number of Topliss-reactive ketones (excluding diaryl/α,β-unsaturated/α-hetero) is 1. The van der Waals surface area contributed by atoms with Crippen molar-refractivity contribution in [2.75, 3.05) is 0 Å². The Morgan fingerprint density at radius 3 is 2.14 bits per heavy atom. The van der Waals surface area contributed by atoms with Crippen LogP contribution in [0.5, 0.6) is 0 Å². The molecule has 3 N–H and O–H groups in total. The largest absolute Gasteiger partial charge is 0.509 e. The molecule has 13 nitrogen and oxygen atoms in total. The number of aliphatic hydroxyl groups excluding tert-OH is 1. The summed E-state index contributed by atoms with van der Waals surface area (Å²) in [5.41, 5.74) is -1.77. The van der Waals surface area contributed by atoms with Gasteiger partial charge in [0.05, 0.1) is 59.8 Å². The van der Waals surface area contributed by atoms with Crippen molar-refractivity contribution < 1.29 is 62.9 Å². The van der Waals surface area contributed by atoms with Gasteiger partial charge in [0, 0.05) is 30.1 Å². The first-order valence-corrected chi connectivity index (χ1v) is 22.7. The fourth-order valence-corrected chi connectivity index (χ4v) is 10.9. The molecule has 18 atom stereocenters. The van der Waals surface area contributed by atoms with Crippen LogP contribution in [-0.4, -0.2) is 105 Å². The number of aliphatic carboxylic acids is 1. The lowest BCUT2D eigenvalue weighted by Gasteiger charge is -2.54. The monoisotopic (exact) mass is 837 g/mol. The van der Waals surface area contributed by atoms with Crippen molar-refractivity contribution in [3.63, 3.8) is 0 Å². The zero-order valence-corrected chi connectivity index (χ0v) is 37.8. The second-order valence-corrected chi connectivity index (χ2v) is 19.4. The van der Waals surface area contributed by atoms with Crippen LogP contribution in [0.4, 0.5) is 4.79 Å². The molecule has 5 heterocycles. The van der Waals surface area contributed by atoms with Crippen molar-refractivity contribution in [3.05, 3.63) is 12.2 Å². The molecular formula is C46H76O13. The Morgan fingerprint density at radius 1 is 0.864 bits per heavy atom. The average Bonchev–Trinajstić information content (AvgIpc) is 3.52. The van der Waals surface area contributed by atoms with Crippen LogP contribution in [0.3, 0.4) is 0 Å². The van der Waals surface area contributed by atoms with Crippen LogP contribution in [0, 0.1) is 41.4 Å². The molecule has 5 rings (SSSR count). The fraction of sp³-hybridized carbons (Fsp3) is 0.891. The predicted molar refractivity (Wildman–Crippen MR) is 219 cm³/mol. The fourth-order valence-electron chi connectivity index (χ4n) is 10.9. The number of carbonyl (C=O) groups excluding carboxylic acids is 2. The van der Waals surface area contributed by atoms with Gasteiger partial charge in [0.25, 0.3) is 0 Å². The third-order valence-corrected chi connectivity index (χ3v) is 15.0. The van der Waals surface area contributed by atoms with E-state index in [0.717, 1.165) is 6.42 Å². The van der Waals surface area contributed by atoms with Crippen LogP contribution in [0.2, 0.25) is 0 Å². The highest BCUT2D eigenvalue weighted by Gasteiger charge is 2.64. The summed E-state index contributed by atoms with van der Waals surface area (Å²) in [5, 5.41) is 32.8. The van der Waals surface area contributed by atoms with Gasteiger partial charge in [-0.3, -0.25) is 9.59 Å². The minimum Gasteiger partial charge on any atom is -0.481 e. The molecule has 0 unspecified atom stereocenters. The summed E-state index contributed by atoms with van der Waals surface area (Å²) in [4.78, 5) is 39.6. The Hall–Kier alpha value is -2.13. The number of carboxylic acids is 1. The Labute approximate surface area is 352 Å². The van der Waals surface area contributed by atoms with Gasteiger partial charge in [-0.1, -0.05) is 55.4 Å². The standard InChI is InChI=1S/C46H76O13/c1-13-32(41(49)50)34-17-16-26(6)39(55-34)30(10)37(47)29(9)38(48)33(14-2)40-27(7)24-28(8)45(57-40)21-19-36(56-42(51)53-25(4)5)46(59-45)23-22-43(12,58-46)35-18-20-44(52,15-3)31(11)54-35/h19,21,25-37,39-40,47,52H,13-18,20,22-24H2,1-12H3,(H,49,50)/t26-,27-,28+,29-,30-,31-,32+,33-,34+,35+,36+,37+,39+,40-,43-,44+,45-,46-/m0/s1. The summed E-state index contributed by atoms with van der Waals surface area (Å²) in [7, 11) is 0. The summed E-state index contributed by atoms with van der Waals surface area (Å²) in [5.74, 6) is -6.31. The molecule has 4 fully saturated rings. The van der Waals surface area contributed by atoms with E-state index in [4.69, 9.17) is 33.2 Å². The van der Waals surface area contributed by atoms with Crippen LogP contribution in [0.1, 0.15) is 147 Å². The van der Waals surface area contributed by atoms with Gasteiger partial charge >= 0.3 is 12.1 Å². The molecule has 0 amide bonds. The Morgan fingerprint density at radius 2 is 1.54 bits per heavy atom. The van der Waals surface area contributed by atoms with Crippen molar-refractivity contribution in [2.45, 2.75) is 219 Å². The summed E-state index contributed by atoms with van der Waals surface area (Å²) in [6.07, 6.45) is 3.70. The van der Waals surface area contributed by atoms with E-state index in [1.807, 2.05) is 48.5 Å². The summed E-state index contributed by atoms with van der Waals surface area (Å²) >= 11 is 0. The molecule has 0 bridgehead atoms. The highest BCUT2D eigenvalue weighted by molar-refractivity contribution is 5.84. The van der Waals surface area contributed by atoms with Gasteiger partial charge in [-0.25, -0.2) is 4.79 Å². The zero-order chi connectivity index (χ0) is 43.8. The van der Waals surface area contributed by atoms with Crippen molar-refractivity contribution >= 4 is 17.9 Å². The van der Waals surface area contributed by atoms with Crippen LogP contribution >= 0.6 is 0 Å². The molecular weight excluding hydrogens is 760 g/mol. The number of rotatable bonds is 14. The topological polar surface area (TPSA) is 177 Å². The molecule has 5 aliphatic rings. The Balaban J connectivity index is 1.39. The van der Waals surface area contributed by atoms with Gasteiger partial charge in [0.2, 0.25) is 5.79 Å². The van der Waals surface area contributed by atoms with Crippen molar-refractivity contribution in [2.24, 2.45) is 41.4 Å². The van der Waals surface area contributed by atoms with Crippen LogP contribution in [0.25, 0.3) is 0 Å². The molecule has 338 valence electrons. The van der Waals surface area contributed by atoms with Gasteiger partial charge in [-0.15, -0.1) is 0 Å². The lowest BCUT2D eigenvalue weighted by atomic mass is 9.72. The lowest BCUT2D eigenvalue weighted by molar-refractivity contribution is -0.408. The molecule has 4 saturated heterocycles. The van der Waals surface area contributed by atoms with Gasteiger partial charge < -0.3 is 48.5 Å². The van der Waals surface area contributed by atoms with E-state index >= 15 is 0 Å². The number of ketones is 1. The van der Waals surface area contributed by atoms with Crippen LogP contribution in [-0.2, 0) is 42.7 Å². The van der Waals surface area contributed by atoms with Crippen molar-refractivity contribution in [1.82, 2.24) is 0 Å². The van der Waals surface area contributed by atoms with E-state index in [9.17, 15) is 29.7 Å². The van der Waals surface area contributed by atoms with Crippen LogP contribution in [0.15, 0.2) is 12.2 Å². The Kier molecular flexibility index (Phi) is 15.2. The number of carbonyl (C=O) groups is 3. The lowest BCUT2D eigenvalue weighted by Crippen LogP contribution is -2.63. The van der Waals surface area contributed by atoms with E-state index in [-0.39, 0.29) is 29.6 Å². The third-order valence-electron chi connectivity index (χ3n) is 15.0. The van der Waals surface area contributed by atoms with Crippen molar-refractivity contribution in [1.29, 1.82) is 0 Å². The predicted octanol–water partition coefficient (Wildman–Crippen LogP) is 7.76. The van der Waals surface area contributed by atoms with E-state index in [2.05, 4.69) is 13.8 Å². The molecule has 59 heavy (non-hydrogen) atoms. The highest BCUT2D eigenvalue weighted by Crippen LogP contribution is 2.54. The first-order chi connectivity index (χ1) is 27.6. The molecule has 0 aromatic rings. The molecule has 0 radical (unpaired) electrons. The van der Waals surface area contributed by atoms with E-state index in [0.29, 0.717) is 57.8 Å². The first kappa shape index (κ1) is 47.9. The second kappa shape index (κ2) is 18.7. The quantitative estimate of drug-likeness (QED) is 0.114. The van der Waals surface area contributed by atoms with E-state index in [1.54, 1.807) is 32.9 Å². The normalized spacial score (nSPS) is 42.6. The van der Waals surface area contributed by atoms with Gasteiger partial charge in [0.1, 0.15) is 5.78 Å². The van der Waals surface area contributed by atoms with Gasteiger partial charge in [-0.2, -0.15) is 0 Å². The Bertz CT molecular complexity index is 1500. The smallest absolute Gasteiger partial charge is 0.481 e. The highest BCUT2D eigenvalue weighted by atomic mass is 16.8. The maximum Gasteiger partial charge on any atom is 0.509 e. The zero-order valence-electron chi connectivity index (χ0n) is 37.8. The number of aliphatic hydroxyl groups is 2. The molecule has 0 aliphatic carbocycles. The van der Waals surface area contributed by atoms with Gasteiger partial charge in [0.15, 0.2) is 11.9 Å². The molecule has 13 heteroatoms. The van der Waals surface area contributed by atoms with Crippen molar-refractivity contribution in [3.8, 4) is 0 Å². The van der Waals surface area contributed by atoms with Gasteiger partial charge in [-0.05, 0) is 109 Å². The maximum atomic E-state index is 14.6. The second-order valence-electron chi connectivity index (χ2n) is 19.4. The summed E-state index contributed by atoms with van der Waals surface area (Å²) < 4.78 is 45.5. The number of hydrogen-bond acceptors (Lipinski definition) is 12. The van der Waals surface area contributed by atoms with Crippen LogP contribution < -0.4 is 0 Å². The van der Waals surface area contributed by atoms with E-state index < -0.39 is 101 Å². The molecule has 2 spiro atoms. The third kappa shape index (κ3) is 9.61. The summed E-state index contributed by atoms with van der Waals surface area (Å²) in [6.45, 7) is 23.0. The number of hydrogen-bond donors (Lipinski definition) is 3. The number of carboxylic acid groups (broad SMARTS) is 1. The number of ether oxygens (including phenoxy) is 7. The average molecular weight is 837 g/mol.